The van der Waals surface area contributed by atoms with Crippen LogP contribution in [0.2, 0.25) is 0 Å². The Bertz CT molecular complexity index is 1070. The molecular formula is C21H29F4N5O2. The summed E-state index contributed by atoms with van der Waals surface area (Å²) < 4.78 is 35.3. The molecule has 3 aromatic rings. The minimum absolute atomic E-state index is 0. The zero-order valence-electron chi connectivity index (χ0n) is 18.0. The average Bonchev–Trinajstić information content (AvgIpc) is 3.10. The summed E-state index contributed by atoms with van der Waals surface area (Å²) in [5.74, 6) is 1.56. The standard InChI is InChI=1S/C21H24FN5O2.F2.FH.2H2/c1-11-10-27(14(11)4)20-23-8-16(9-24-20)26-21(28)25-13(3)19-12(2)17-7-15(22)5-6-18(17)29-19;1-2;;;/h5-9,11,13-14H,10H2,1-4H3,(H2,25,26,28);;3*1H/t11-,13-,14+;;;;/m1..../s1. The summed E-state index contributed by atoms with van der Waals surface area (Å²) in [6, 6.07) is 4.00. The highest BCUT2D eigenvalue weighted by Gasteiger charge is 2.33. The quantitative estimate of drug-likeness (QED) is 0.476. The van der Waals surface area contributed by atoms with Gasteiger partial charge in [-0.3, -0.25) is 4.70 Å². The van der Waals surface area contributed by atoms with Crippen molar-refractivity contribution in [1.82, 2.24) is 15.3 Å². The van der Waals surface area contributed by atoms with Gasteiger partial charge >= 0.3 is 6.03 Å². The lowest BCUT2D eigenvalue weighted by Gasteiger charge is -2.44. The third-order valence-corrected chi connectivity index (χ3v) is 5.63. The molecule has 2 N–H and O–H groups in total. The summed E-state index contributed by atoms with van der Waals surface area (Å²) in [4.78, 5) is 23.2. The van der Waals surface area contributed by atoms with Gasteiger partial charge in [0.05, 0.1) is 24.1 Å². The molecule has 7 nitrogen and oxygen atoms in total. The predicted molar refractivity (Wildman–Crippen MR) is 118 cm³/mol. The second-order valence-electron chi connectivity index (χ2n) is 7.69. The molecule has 178 valence electrons. The molecule has 0 bridgehead atoms. The third-order valence-electron chi connectivity index (χ3n) is 5.63. The number of furan rings is 1. The van der Waals surface area contributed by atoms with E-state index in [4.69, 9.17) is 13.6 Å². The molecule has 32 heavy (non-hydrogen) atoms. The number of nitrogens with zero attached hydrogens (tertiary/aromatic N) is 3. The molecule has 4 rings (SSSR count). The Labute approximate surface area is 185 Å². The average molecular weight is 459 g/mol. The molecule has 3 atom stereocenters. The maximum atomic E-state index is 13.5. The third kappa shape index (κ3) is 4.92. The molecule has 0 spiro atoms. The van der Waals surface area contributed by atoms with Crippen molar-refractivity contribution in [2.45, 2.75) is 39.8 Å². The van der Waals surface area contributed by atoms with Crippen LogP contribution in [0.3, 0.4) is 0 Å². The zero-order chi connectivity index (χ0) is 22.7. The number of halogens is 4. The molecule has 1 saturated heterocycles. The van der Waals surface area contributed by atoms with Gasteiger partial charge < -0.3 is 20.0 Å². The molecule has 0 unspecified atom stereocenters. The van der Waals surface area contributed by atoms with E-state index in [1.165, 1.54) is 12.1 Å². The van der Waals surface area contributed by atoms with Gasteiger partial charge in [0, 0.05) is 35.5 Å². The van der Waals surface area contributed by atoms with Crippen molar-refractivity contribution in [3.63, 3.8) is 0 Å². The van der Waals surface area contributed by atoms with Crippen molar-refractivity contribution < 1.29 is 30.3 Å². The lowest BCUT2D eigenvalue weighted by molar-refractivity contribution is 0.108. The maximum Gasteiger partial charge on any atom is 0.319 e. The van der Waals surface area contributed by atoms with Crippen molar-refractivity contribution >= 4 is 28.6 Å². The van der Waals surface area contributed by atoms with Crippen molar-refractivity contribution in [2.24, 2.45) is 5.92 Å². The number of aromatic nitrogens is 2. The smallest absolute Gasteiger partial charge is 0.319 e. The number of fused-ring (bicyclic) bond motifs is 1. The molecule has 1 aliphatic heterocycles. The van der Waals surface area contributed by atoms with E-state index >= 15 is 0 Å². The summed E-state index contributed by atoms with van der Waals surface area (Å²) in [6.45, 7) is 8.94. The van der Waals surface area contributed by atoms with E-state index in [0.29, 0.717) is 40.3 Å². The highest BCUT2D eigenvalue weighted by atomic mass is 20.0. The first-order valence-electron chi connectivity index (χ1n) is 9.82. The van der Waals surface area contributed by atoms with Crippen LogP contribution in [0.15, 0.2) is 35.0 Å². The van der Waals surface area contributed by atoms with Gasteiger partial charge in [-0.05, 0) is 44.9 Å². The van der Waals surface area contributed by atoms with Crippen LogP contribution in [0.4, 0.5) is 34.7 Å². The maximum absolute atomic E-state index is 13.5. The number of urea groups is 1. The predicted octanol–water partition coefficient (Wildman–Crippen LogP) is 5.88. The normalized spacial score (nSPS) is 18.0. The van der Waals surface area contributed by atoms with Crippen LogP contribution in [0.1, 0.15) is 41.0 Å². The van der Waals surface area contributed by atoms with Crippen molar-refractivity contribution in [3.05, 3.63) is 47.7 Å². The SMILES string of the molecule is Cc1c([C@@H](C)NC(=O)Nc2cnc(N3C[C@@H](C)[C@@H]3C)nc2)oc2ccc(F)cc12.F.FF.[HH].[HH]. The number of benzene rings is 1. The van der Waals surface area contributed by atoms with Crippen molar-refractivity contribution in [3.8, 4) is 0 Å². The van der Waals surface area contributed by atoms with E-state index in [1.54, 1.807) is 18.5 Å². The summed E-state index contributed by atoms with van der Waals surface area (Å²) in [5.41, 5.74) is 1.90. The summed E-state index contributed by atoms with van der Waals surface area (Å²) >= 11 is 0. The van der Waals surface area contributed by atoms with E-state index in [1.807, 2.05) is 13.8 Å². The fourth-order valence-corrected chi connectivity index (χ4v) is 3.65. The summed E-state index contributed by atoms with van der Waals surface area (Å²) in [5, 5.41) is 6.26. The molecule has 1 aromatic carbocycles. The number of hydrogen-bond donors (Lipinski definition) is 2. The highest BCUT2D eigenvalue weighted by Crippen LogP contribution is 2.30. The number of carbonyl (C=O) groups excluding carboxylic acids is 1. The Balaban J connectivity index is 0.00000212. The second kappa shape index (κ2) is 10.3. The first-order chi connectivity index (χ1) is 14.8. The van der Waals surface area contributed by atoms with Crippen LogP contribution in [-0.4, -0.2) is 28.6 Å². The van der Waals surface area contributed by atoms with E-state index in [2.05, 4.69) is 39.3 Å². The van der Waals surface area contributed by atoms with Gasteiger partial charge in [0.15, 0.2) is 0 Å². The Kier molecular flexibility index (Phi) is 8.01. The van der Waals surface area contributed by atoms with Crippen LogP contribution in [0.5, 0.6) is 0 Å². The van der Waals surface area contributed by atoms with Crippen LogP contribution in [0, 0.1) is 18.7 Å². The van der Waals surface area contributed by atoms with E-state index in [9.17, 15) is 9.18 Å². The topological polar surface area (TPSA) is 83.3 Å². The number of aryl methyl sites for hydroxylation is 1. The Morgan fingerprint density at radius 2 is 1.94 bits per heavy atom. The Morgan fingerprint density at radius 3 is 2.53 bits per heavy atom. The van der Waals surface area contributed by atoms with Gasteiger partial charge in [0.1, 0.15) is 17.2 Å². The molecule has 0 aliphatic carbocycles. The van der Waals surface area contributed by atoms with Crippen LogP contribution in [0.25, 0.3) is 11.0 Å². The molecule has 0 radical (unpaired) electrons. The van der Waals surface area contributed by atoms with Gasteiger partial charge in [-0.25, -0.2) is 19.2 Å². The van der Waals surface area contributed by atoms with Crippen LogP contribution >= 0.6 is 0 Å². The molecule has 0 saturated carbocycles. The second-order valence-corrected chi connectivity index (χ2v) is 7.69. The minimum Gasteiger partial charge on any atom is -0.459 e. The fraction of sp³-hybridized carbons (Fsp3) is 0.381. The molecule has 1 aliphatic rings. The minimum atomic E-state index is -0.397. The Hall–Kier alpha value is -3.37. The number of nitrogens with one attached hydrogen (secondary N) is 2. The van der Waals surface area contributed by atoms with Gasteiger partial charge in [0.25, 0.3) is 0 Å². The number of anilines is 2. The number of carbonyl (C=O) groups is 1. The fourth-order valence-electron chi connectivity index (χ4n) is 3.65. The molecule has 2 aromatic heterocycles. The van der Waals surface area contributed by atoms with E-state index in [-0.39, 0.29) is 13.4 Å². The monoisotopic (exact) mass is 459 g/mol. The van der Waals surface area contributed by atoms with Crippen LogP contribution in [-0.2, 0) is 0 Å². The largest absolute Gasteiger partial charge is 0.459 e. The first-order valence-corrected chi connectivity index (χ1v) is 9.82. The molecule has 11 heteroatoms. The zero-order valence-corrected chi connectivity index (χ0v) is 18.0. The van der Waals surface area contributed by atoms with Crippen LogP contribution < -0.4 is 15.5 Å². The lowest BCUT2D eigenvalue weighted by atomic mass is 9.93. The molecule has 1 fully saturated rings. The number of amides is 2. The van der Waals surface area contributed by atoms with Crippen molar-refractivity contribution in [1.29, 1.82) is 0 Å². The van der Waals surface area contributed by atoms with Gasteiger partial charge in [-0.2, -0.15) is 0 Å². The lowest BCUT2D eigenvalue weighted by Crippen LogP contribution is -2.54. The summed E-state index contributed by atoms with van der Waals surface area (Å²) in [7, 11) is 0. The first kappa shape index (κ1) is 24.9. The van der Waals surface area contributed by atoms with Crippen molar-refractivity contribution in [2.75, 3.05) is 16.8 Å². The number of rotatable bonds is 4. The summed E-state index contributed by atoms with van der Waals surface area (Å²) in [6.07, 6.45) is 3.19. The van der Waals surface area contributed by atoms with E-state index < -0.39 is 12.1 Å². The Morgan fingerprint density at radius 1 is 1.28 bits per heavy atom. The van der Waals surface area contributed by atoms with Gasteiger partial charge in [0.2, 0.25) is 5.95 Å². The van der Waals surface area contributed by atoms with Gasteiger partial charge in [-0.1, -0.05) is 6.92 Å². The molecular weight excluding hydrogens is 430 g/mol. The highest BCUT2D eigenvalue weighted by molar-refractivity contribution is 5.89. The molecule has 3 heterocycles. The molecule has 2 amide bonds. The number of hydrogen-bond acceptors (Lipinski definition) is 5. The van der Waals surface area contributed by atoms with Gasteiger partial charge in [-0.15, -0.1) is 0 Å². The van der Waals surface area contributed by atoms with E-state index in [0.717, 1.165) is 12.1 Å².